The summed E-state index contributed by atoms with van der Waals surface area (Å²) in [6.07, 6.45) is 0.999. The Bertz CT molecular complexity index is 932. The van der Waals surface area contributed by atoms with Crippen molar-refractivity contribution in [3.63, 3.8) is 0 Å². The monoisotopic (exact) mass is 370 g/mol. The van der Waals surface area contributed by atoms with Gasteiger partial charge in [-0.1, -0.05) is 48.0 Å². The van der Waals surface area contributed by atoms with Crippen LogP contribution >= 0.6 is 11.6 Å². The Hall–Kier alpha value is -2.92. The number of rotatable bonds is 5. The molecule has 3 aromatic rings. The summed E-state index contributed by atoms with van der Waals surface area (Å²) in [6, 6.07) is 15.6. The van der Waals surface area contributed by atoms with Gasteiger partial charge in [-0.2, -0.15) is 0 Å². The second-order valence-electron chi connectivity index (χ2n) is 5.69. The van der Waals surface area contributed by atoms with E-state index in [1.807, 2.05) is 37.3 Å². The van der Waals surface area contributed by atoms with E-state index in [2.05, 4.69) is 10.3 Å². The topological polar surface area (TPSA) is 51.2 Å². The number of nitrogens with zero attached hydrogens (tertiary/aromatic N) is 1. The van der Waals surface area contributed by atoms with Crippen LogP contribution < -0.4 is 10.1 Å². The fourth-order valence-electron chi connectivity index (χ4n) is 2.29. The van der Waals surface area contributed by atoms with Crippen molar-refractivity contribution in [1.82, 2.24) is 10.3 Å². The first kappa shape index (κ1) is 17.9. The number of nitrogens with one attached hydrogen (secondary N) is 1. The van der Waals surface area contributed by atoms with Gasteiger partial charge in [0.25, 0.3) is 5.91 Å². The van der Waals surface area contributed by atoms with E-state index in [9.17, 15) is 9.18 Å². The second-order valence-corrected chi connectivity index (χ2v) is 6.09. The van der Waals surface area contributed by atoms with Gasteiger partial charge in [0, 0.05) is 11.6 Å². The van der Waals surface area contributed by atoms with Crippen molar-refractivity contribution in [3.05, 3.63) is 88.3 Å². The van der Waals surface area contributed by atoms with Crippen LogP contribution in [0.5, 0.6) is 11.6 Å². The molecule has 0 radical (unpaired) electrons. The molecular formula is C20H16ClFN2O2. The van der Waals surface area contributed by atoms with Crippen LogP contribution in [0.4, 0.5) is 4.39 Å². The Kier molecular flexibility index (Phi) is 5.49. The zero-order valence-corrected chi connectivity index (χ0v) is 14.8. The smallest absolute Gasteiger partial charge is 0.257 e. The third kappa shape index (κ3) is 4.37. The van der Waals surface area contributed by atoms with Crippen LogP contribution in [-0.2, 0) is 6.54 Å². The zero-order chi connectivity index (χ0) is 18.5. The fourth-order valence-corrected chi connectivity index (χ4v) is 2.46. The van der Waals surface area contributed by atoms with Crippen molar-refractivity contribution in [2.75, 3.05) is 0 Å². The molecule has 0 aliphatic carbocycles. The van der Waals surface area contributed by atoms with Crippen LogP contribution in [0.3, 0.4) is 0 Å². The number of carbonyl (C=O) groups excluding carboxylic acids is 1. The number of hydrogen-bond donors (Lipinski definition) is 1. The van der Waals surface area contributed by atoms with E-state index in [0.717, 1.165) is 23.4 Å². The number of aromatic nitrogens is 1. The van der Waals surface area contributed by atoms with Crippen LogP contribution in [-0.4, -0.2) is 10.9 Å². The molecular weight excluding hydrogens is 355 g/mol. The standard InChI is InChI=1S/C20H16ClFN2O2/c1-13-7-8-16(10-18(13)21)26-20-17(9-15(22)12-24-20)19(25)23-11-14-5-3-2-4-6-14/h2-10,12H,11H2,1H3,(H,23,25). The largest absolute Gasteiger partial charge is 0.438 e. The van der Waals surface area contributed by atoms with Gasteiger partial charge in [0.1, 0.15) is 17.1 Å². The number of carbonyl (C=O) groups is 1. The summed E-state index contributed by atoms with van der Waals surface area (Å²) in [7, 11) is 0. The highest BCUT2D eigenvalue weighted by Crippen LogP contribution is 2.27. The van der Waals surface area contributed by atoms with Crippen molar-refractivity contribution >= 4 is 17.5 Å². The normalized spacial score (nSPS) is 10.4. The average molecular weight is 371 g/mol. The van der Waals surface area contributed by atoms with Gasteiger partial charge in [0.15, 0.2) is 0 Å². The van der Waals surface area contributed by atoms with Crippen LogP contribution in [0.1, 0.15) is 21.5 Å². The molecule has 2 aromatic carbocycles. The number of amides is 1. The Morgan fingerprint density at radius 1 is 1.19 bits per heavy atom. The van der Waals surface area contributed by atoms with Crippen molar-refractivity contribution in [1.29, 1.82) is 0 Å². The summed E-state index contributed by atoms with van der Waals surface area (Å²) >= 11 is 6.09. The second kappa shape index (κ2) is 7.97. The van der Waals surface area contributed by atoms with Crippen molar-refractivity contribution in [2.24, 2.45) is 0 Å². The minimum absolute atomic E-state index is 0.0110. The lowest BCUT2D eigenvalue weighted by molar-refractivity contribution is 0.0947. The molecule has 26 heavy (non-hydrogen) atoms. The van der Waals surface area contributed by atoms with E-state index >= 15 is 0 Å². The number of pyridine rings is 1. The summed E-state index contributed by atoms with van der Waals surface area (Å²) in [6.45, 7) is 2.18. The predicted octanol–water partition coefficient (Wildman–Crippen LogP) is 4.90. The molecule has 3 rings (SSSR count). The SMILES string of the molecule is Cc1ccc(Oc2ncc(F)cc2C(=O)NCc2ccccc2)cc1Cl. The van der Waals surface area contributed by atoms with Gasteiger partial charge in [-0.25, -0.2) is 9.37 Å². The molecule has 0 aliphatic heterocycles. The Morgan fingerprint density at radius 3 is 2.69 bits per heavy atom. The summed E-state index contributed by atoms with van der Waals surface area (Å²) in [5.41, 5.74) is 1.84. The summed E-state index contributed by atoms with van der Waals surface area (Å²) in [5, 5.41) is 3.26. The number of hydrogen-bond acceptors (Lipinski definition) is 3. The lowest BCUT2D eigenvalue weighted by Gasteiger charge is -2.11. The van der Waals surface area contributed by atoms with E-state index in [-0.39, 0.29) is 11.4 Å². The summed E-state index contributed by atoms with van der Waals surface area (Å²) in [4.78, 5) is 16.4. The molecule has 0 saturated carbocycles. The number of ether oxygens (including phenoxy) is 1. The van der Waals surface area contributed by atoms with Gasteiger partial charge in [0.2, 0.25) is 5.88 Å². The third-order valence-electron chi connectivity index (χ3n) is 3.72. The van der Waals surface area contributed by atoms with E-state index in [0.29, 0.717) is 17.3 Å². The number of halogens is 2. The molecule has 4 nitrogen and oxygen atoms in total. The highest BCUT2D eigenvalue weighted by atomic mass is 35.5. The Morgan fingerprint density at radius 2 is 1.96 bits per heavy atom. The molecule has 1 amide bonds. The quantitative estimate of drug-likeness (QED) is 0.694. The van der Waals surface area contributed by atoms with Crippen LogP contribution in [0.15, 0.2) is 60.8 Å². The molecule has 0 aliphatic rings. The molecule has 0 atom stereocenters. The minimum atomic E-state index is -0.621. The highest BCUT2D eigenvalue weighted by Gasteiger charge is 2.16. The lowest BCUT2D eigenvalue weighted by atomic mass is 10.2. The van der Waals surface area contributed by atoms with E-state index in [1.165, 1.54) is 0 Å². The maximum absolute atomic E-state index is 13.6. The van der Waals surface area contributed by atoms with Gasteiger partial charge < -0.3 is 10.1 Å². The minimum Gasteiger partial charge on any atom is -0.438 e. The highest BCUT2D eigenvalue weighted by molar-refractivity contribution is 6.31. The molecule has 0 spiro atoms. The van der Waals surface area contributed by atoms with Crippen LogP contribution in [0.25, 0.3) is 0 Å². The van der Waals surface area contributed by atoms with Gasteiger partial charge in [-0.05, 0) is 36.2 Å². The van der Waals surface area contributed by atoms with Gasteiger partial charge in [-0.15, -0.1) is 0 Å². The molecule has 6 heteroatoms. The lowest BCUT2D eigenvalue weighted by Crippen LogP contribution is -2.23. The predicted molar refractivity (Wildman–Crippen MR) is 98.1 cm³/mol. The van der Waals surface area contributed by atoms with Gasteiger partial charge >= 0.3 is 0 Å². The molecule has 0 fully saturated rings. The van der Waals surface area contributed by atoms with E-state index < -0.39 is 11.7 Å². The first-order valence-electron chi connectivity index (χ1n) is 7.94. The maximum atomic E-state index is 13.6. The number of benzene rings is 2. The molecule has 1 heterocycles. The van der Waals surface area contributed by atoms with Gasteiger partial charge in [0.05, 0.1) is 6.20 Å². The number of aryl methyl sites for hydroxylation is 1. The Balaban J connectivity index is 1.80. The summed E-state index contributed by atoms with van der Waals surface area (Å²) < 4.78 is 19.3. The molecule has 0 bridgehead atoms. The first-order chi connectivity index (χ1) is 12.5. The molecule has 132 valence electrons. The first-order valence-corrected chi connectivity index (χ1v) is 8.32. The maximum Gasteiger partial charge on any atom is 0.257 e. The molecule has 0 unspecified atom stereocenters. The van der Waals surface area contributed by atoms with E-state index in [4.69, 9.17) is 16.3 Å². The molecule has 1 aromatic heterocycles. The van der Waals surface area contributed by atoms with Crippen LogP contribution in [0.2, 0.25) is 5.02 Å². The molecule has 1 N–H and O–H groups in total. The van der Waals surface area contributed by atoms with E-state index in [1.54, 1.807) is 18.2 Å². The van der Waals surface area contributed by atoms with Crippen molar-refractivity contribution in [2.45, 2.75) is 13.5 Å². The van der Waals surface area contributed by atoms with Crippen molar-refractivity contribution in [3.8, 4) is 11.6 Å². The Labute approximate surface area is 155 Å². The van der Waals surface area contributed by atoms with Crippen LogP contribution in [0, 0.1) is 12.7 Å². The van der Waals surface area contributed by atoms with Gasteiger partial charge in [-0.3, -0.25) is 4.79 Å². The fraction of sp³-hybridized carbons (Fsp3) is 0.100. The zero-order valence-electron chi connectivity index (χ0n) is 14.0. The third-order valence-corrected chi connectivity index (χ3v) is 4.12. The summed E-state index contributed by atoms with van der Waals surface area (Å²) in [5.74, 6) is -0.674. The van der Waals surface area contributed by atoms with Crippen molar-refractivity contribution < 1.29 is 13.9 Å². The molecule has 0 saturated heterocycles. The average Bonchev–Trinajstić information content (AvgIpc) is 2.65.